The van der Waals surface area contributed by atoms with E-state index in [1.807, 2.05) is 0 Å². The number of nitrogens with two attached hydrogens (primary N) is 1. The van der Waals surface area contributed by atoms with Crippen LogP contribution < -0.4 is 5.73 Å². The van der Waals surface area contributed by atoms with E-state index in [1.165, 1.54) is 6.26 Å². The minimum absolute atomic E-state index is 0.530. The quantitative estimate of drug-likeness (QED) is 0.666. The van der Waals surface area contributed by atoms with E-state index in [9.17, 15) is 0 Å². The Labute approximate surface area is 91.0 Å². The van der Waals surface area contributed by atoms with Gasteiger partial charge in [-0.25, -0.2) is 15.0 Å². The second-order valence-electron chi connectivity index (χ2n) is 3.30. The molecule has 0 saturated heterocycles. The minimum Gasteiger partial charge on any atom is -0.460 e. The molecule has 0 fully saturated rings. The molecule has 3 heterocycles. The maximum Gasteiger partial charge on any atom is 0.182 e. The molecule has 0 spiro atoms. The van der Waals surface area contributed by atoms with Crippen LogP contribution in [0, 0.1) is 0 Å². The number of hydrogen-bond donors (Lipinski definition) is 1. The molecule has 0 aliphatic heterocycles. The molecule has 0 aliphatic carbocycles. The first-order valence-corrected chi connectivity index (χ1v) is 4.75. The molecule has 0 aromatic carbocycles. The summed E-state index contributed by atoms with van der Waals surface area (Å²) in [7, 11) is 0. The molecule has 3 rings (SSSR count). The van der Waals surface area contributed by atoms with E-state index in [0.717, 1.165) is 5.39 Å². The number of hydrogen-bond acceptors (Lipinski definition) is 5. The van der Waals surface area contributed by atoms with Crippen molar-refractivity contribution in [2.45, 2.75) is 0 Å². The zero-order valence-electron chi connectivity index (χ0n) is 8.29. The lowest BCUT2D eigenvalue weighted by molar-refractivity contribution is 0.616. The molecule has 3 aromatic heterocycles. The number of rotatable bonds is 1. The smallest absolute Gasteiger partial charge is 0.182 e. The summed E-state index contributed by atoms with van der Waals surface area (Å²) in [6, 6.07) is 3.56. The van der Waals surface area contributed by atoms with Gasteiger partial charge in [0, 0.05) is 24.0 Å². The van der Waals surface area contributed by atoms with E-state index < -0.39 is 0 Å². The molecule has 5 heteroatoms. The second-order valence-corrected chi connectivity index (χ2v) is 3.30. The van der Waals surface area contributed by atoms with E-state index in [1.54, 1.807) is 30.7 Å². The summed E-state index contributed by atoms with van der Waals surface area (Å²) in [6.45, 7) is 0. The van der Waals surface area contributed by atoms with Crippen LogP contribution in [0.2, 0.25) is 0 Å². The minimum atomic E-state index is 0.530. The van der Waals surface area contributed by atoms with Crippen LogP contribution >= 0.6 is 0 Å². The van der Waals surface area contributed by atoms with Crippen LogP contribution in [-0.2, 0) is 0 Å². The van der Waals surface area contributed by atoms with Crippen LogP contribution in [0.1, 0.15) is 0 Å². The number of fused-ring (bicyclic) bond motifs is 1. The molecule has 78 valence electrons. The van der Waals surface area contributed by atoms with Crippen molar-refractivity contribution in [3.63, 3.8) is 0 Å². The summed E-state index contributed by atoms with van der Waals surface area (Å²) in [5.74, 6) is 0.530. The van der Waals surface area contributed by atoms with Gasteiger partial charge in [-0.2, -0.15) is 0 Å². The maximum atomic E-state index is 5.76. The highest BCUT2D eigenvalue weighted by Crippen LogP contribution is 2.28. The van der Waals surface area contributed by atoms with E-state index in [-0.39, 0.29) is 0 Å². The fourth-order valence-corrected chi connectivity index (χ4v) is 1.56. The van der Waals surface area contributed by atoms with Gasteiger partial charge in [0.05, 0.1) is 5.69 Å². The van der Waals surface area contributed by atoms with Crippen molar-refractivity contribution in [2.24, 2.45) is 0 Å². The zero-order chi connectivity index (χ0) is 11.0. The molecular weight excluding hydrogens is 204 g/mol. The van der Waals surface area contributed by atoms with E-state index in [0.29, 0.717) is 22.8 Å². The van der Waals surface area contributed by atoms with Gasteiger partial charge in [-0.15, -0.1) is 0 Å². The first kappa shape index (κ1) is 8.84. The van der Waals surface area contributed by atoms with Gasteiger partial charge in [-0.3, -0.25) is 0 Å². The van der Waals surface area contributed by atoms with E-state index in [2.05, 4.69) is 15.0 Å². The average molecular weight is 212 g/mol. The van der Waals surface area contributed by atoms with Gasteiger partial charge in [-0.05, 0) is 12.1 Å². The highest BCUT2D eigenvalue weighted by atomic mass is 16.3. The molecule has 0 saturated carbocycles. The predicted molar refractivity (Wildman–Crippen MR) is 59.4 cm³/mol. The molecule has 0 amide bonds. The van der Waals surface area contributed by atoms with Crippen LogP contribution in [0.5, 0.6) is 0 Å². The Morgan fingerprint density at radius 1 is 1.06 bits per heavy atom. The largest absolute Gasteiger partial charge is 0.460 e. The van der Waals surface area contributed by atoms with Gasteiger partial charge in [0.2, 0.25) is 0 Å². The Morgan fingerprint density at radius 2 is 1.88 bits per heavy atom. The van der Waals surface area contributed by atoms with Crippen molar-refractivity contribution >= 4 is 16.7 Å². The molecule has 0 unspecified atom stereocenters. The van der Waals surface area contributed by atoms with Gasteiger partial charge in [0.25, 0.3) is 0 Å². The lowest BCUT2D eigenvalue weighted by Gasteiger charge is -1.98. The van der Waals surface area contributed by atoms with Crippen molar-refractivity contribution in [3.05, 3.63) is 37.0 Å². The third-order valence-electron chi connectivity index (χ3n) is 2.30. The summed E-state index contributed by atoms with van der Waals surface area (Å²) in [5, 5.41) is 0.831. The Morgan fingerprint density at radius 3 is 2.69 bits per heavy atom. The topological polar surface area (TPSA) is 77.8 Å². The monoisotopic (exact) mass is 212 g/mol. The third kappa shape index (κ3) is 1.22. The number of furan rings is 1. The lowest BCUT2D eigenvalue weighted by atomic mass is 10.2. The van der Waals surface area contributed by atoms with E-state index in [4.69, 9.17) is 10.2 Å². The number of aromatic nitrogens is 3. The fourth-order valence-electron chi connectivity index (χ4n) is 1.56. The standard InChI is InChI=1S/C11H8N4O/c12-8-6-16-10-7(8)2-5-13-9(10)11-14-3-1-4-15-11/h1-6H,12H2. The first-order valence-electron chi connectivity index (χ1n) is 4.75. The number of nitrogens with zero attached hydrogens (tertiary/aromatic N) is 3. The van der Waals surface area contributed by atoms with Crippen LogP contribution in [0.25, 0.3) is 22.5 Å². The van der Waals surface area contributed by atoms with Crippen molar-refractivity contribution in [2.75, 3.05) is 5.73 Å². The molecule has 0 atom stereocenters. The third-order valence-corrected chi connectivity index (χ3v) is 2.30. The van der Waals surface area contributed by atoms with Crippen LogP contribution in [0.15, 0.2) is 41.4 Å². The van der Waals surface area contributed by atoms with E-state index >= 15 is 0 Å². The number of nitrogen functional groups attached to an aromatic ring is 1. The highest BCUT2D eigenvalue weighted by Gasteiger charge is 2.12. The predicted octanol–water partition coefficient (Wildman–Crippen LogP) is 1.87. The SMILES string of the molecule is Nc1coc2c(-c3ncccn3)nccc12. The van der Waals surface area contributed by atoms with Crippen LogP contribution in [0.3, 0.4) is 0 Å². The van der Waals surface area contributed by atoms with Gasteiger partial charge in [0.1, 0.15) is 6.26 Å². The Hall–Kier alpha value is -2.43. The number of anilines is 1. The summed E-state index contributed by atoms with van der Waals surface area (Å²) < 4.78 is 5.37. The van der Waals surface area contributed by atoms with Crippen LogP contribution in [-0.4, -0.2) is 15.0 Å². The lowest BCUT2D eigenvalue weighted by Crippen LogP contribution is -1.90. The highest BCUT2D eigenvalue weighted by molar-refractivity contribution is 5.95. The summed E-state index contributed by atoms with van der Waals surface area (Å²) >= 11 is 0. The Balaban J connectivity index is 2.32. The molecule has 2 N–H and O–H groups in total. The zero-order valence-corrected chi connectivity index (χ0v) is 8.29. The van der Waals surface area contributed by atoms with Crippen molar-refractivity contribution in [1.82, 2.24) is 15.0 Å². The van der Waals surface area contributed by atoms with Gasteiger partial charge in [-0.1, -0.05) is 0 Å². The Kier molecular flexibility index (Phi) is 1.83. The normalized spacial score (nSPS) is 10.8. The molecule has 0 radical (unpaired) electrons. The molecule has 3 aromatic rings. The van der Waals surface area contributed by atoms with Crippen molar-refractivity contribution < 1.29 is 4.42 Å². The summed E-state index contributed by atoms with van der Waals surface area (Å²) in [5.41, 5.74) is 7.58. The number of pyridine rings is 1. The van der Waals surface area contributed by atoms with Crippen molar-refractivity contribution in [3.8, 4) is 11.5 Å². The molecular formula is C11H8N4O. The molecule has 0 aliphatic rings. The van der Waals surface area contributed by atoms with Crippen molar-refractivity contribution in [1.29, 1.82) is 0 Å². The molecule has 16 heavy (non-hydrogen) atoms. The van der Waals surface area contributed by atoms with Gasteiger partial charge >= 0.3 is 0 Å². The van der Waals surface area contributed by atoms with Gasteiger partial charge < -0.3 is 10.2 Å². The summed E-state index contributed by atoms with van der Waals surface area (Å²) in [4.78, 5) is 12.5. The Bertz CT molecular complexity index is 633. The first-order chi connectivity index (χ1) is 7.86. The second kappa shape index (κ2) is 3.30. The average Bonchev–Trinajstić information content (AvgIpc) is 2.73. The summed E-state index contributed by atoms with van der Waals surface area (Å²) in [6.07, 6.45) is 6.49. The van der Waals surface area contributed by atoms with Gasteiger partial charge in [0.15, 0.2) is 17.1 Å². The molecule has 5 nitrogen and oxygen atoms in total. The molecule has 0 bridgehead atoms. The fraction of sp³-hybridized carbons (Fsp3) is 0. The van der Waals surface area contributed by atoms with Crippen LogP contribution in [0.4, 0.5) is 5.69 Å². The maximum absolute atomic E-state index is 5.76.